The summed E-state index contributed by atoms with van der Waals surface area (Å²) in [5.74, 6) is 0.925. The number of benzene rings is 2. The van der Waals surface area contributed by atoms with Crippen LogP contribution in [0.5, 0.6) is 17.2 Å². The van der Waals surface area contributed by atoms with Crippen LogP contribution in [0.1, 0.15) is 15.9 Å². The van der Waals surface area contributed by atoms with Gasteiger partial charge >= 0.3 is 0 Å². The molecule has 2 aromatic rings. The van der Waals surface area contributed by atoms with Gasteiger partial charge in [0, 0.05) is 18.7 Å². The van der Waals surface area contributed by atoms with Gasteiger partial charge in [-0.15, -0.1) is 0 Å². The summed E-state index contributed by atoms with van der Waals surface area (Å²) in [6, 6.07) is 12.0. The van der Waals surface area contributed by atoms with E-state index in [1.807, 2.05) is 0 Å². The van der Waals surface area contributed by atoms with Crippen molar-refractivity contribution in [1.82, 2.24) is 10.2 Å². The predicted molar refractivity (Wildman–Crippen MR) is 118 cm³/mol. The van der Waals surface area contributed by atoms with E-state index in [2.05, 4.69) is 5.32 Å². The summed E-state index contributed by atoms with van der Waals surface area (Å²) in [6.07, 6.45) is 1.66. The molecule has 1 saturated heterocycles. The number of methoxy groups -OCH3 is 3. The molecule has 0 bridgehead atoms. The highest BCUT2D eigenvalue weighted by Gasteiger charge is 2.34. The third-order valence-corrected chi connectivity index (χ3v) is 5.46. The molecule has 31 heavy (non-hydrogen) atoms. The first-order valence-electron chi connectivity index (χ1n) is 9.36. The third-order valence-electron chi connectivity index (χ3n) is 4.55. The van der Waals surface area contributed by atoms with Crippen LogP contribution in [0.4, 0.5) is 4.79 Å². The molecule has 1 fully saturated rings. The van der Waals surface area contributed by atoms with E-state index in [0.717, 1.165) is 22.2 Å². The van der Waals surface area contributed by atoms with Crippen molar-refractivity contribution in [3.63, 3.8) is 0 Å². The first-order chi connectivity index (χ1) is 15.0. The highest BCUT2D eigenvalue weighted by atomic mass is 32.2. The van der Waals surface area contributed by atoms with E-state index in [1.165, 1.54) is 14.2 Å². The van der Waals surface area contributed by atoms with Crippen LogP contribution < -0.4 is 19.5 Å². The van der Waals surface area contributed by atoms with Gasteiger partial charge < -0.3 is 19.5 Å². The molecule has 3 rings (SSSR count). The molecule has 0 atom stereocenters. The Balaban J connectivity index is 1.59. The van der Waals surface area contributed by atoms with E-state index in [9.17, 15) is 14.4 Å². The molecule has 0 aromatic heterocycles. The molecular formula is C22H22N2O6S. The van der Waals surface area contributed by atoms with Gasteiger partial charge in [0.2, 0.25) is 0 Å². The van der Waals surface area contributed by atoms with Crippen molar-refractivity contribution in [3.05, 3.63) is 58.5 Å². The van der Waals surface area contributed by atoms with Crippen molar-refractivity contribution in [3.8, 4) is 17.2 Å². The quantitative estimate of drug-likeness (QED) is 0.628. The number of carbonyl (C=O) groups is 3. The Morgan fingerprint density at radius 2 is 1.71 bits per heavy atom. The third kappa shape index (κ3) is 5.18. The van der Waals surface area contributed by atoms with Crippen molar-refractivity contribution in [1.29, 1.82) is 0 Å². The molecule has 1 N–H and O–H groups in total. The smallest absolute Gasteiger partial charge is 0.293 e. The lowest BCUT2D eigenvalue weighted by Gasteiger charge is -2.13. The zero-order valence-electron chi connectivity index (χ0n) is 17.3. The van der Waals surface area contributed by atoms with E-state index < -0.39 is 0 Å². The number of ether oxygens (including phenoxy) is 3. The number of thioether (sulfide) groups is 1. The molecule has 162 valence electrons. The largest absolute Gasteiger partial charge is 0.497 e. The number of amides is 3. The normalized spacial score (nSPS) is 14.7. The summed E-state index contributed by atoms with van der Waals surface area (Å²) < 4.78 is 15.5. The molecule has 3 amide bonds. The van der Waals surface area contributed by atoms with Crippen LogP contribution in [-0.4, -0.2) is 56.4 Å². The van der Waals surface area contributed by atoms with Crippen molar-refractivity contribution < 1.29 is 28.6 Å². The van der Waals surface area contributed by atoms with Crippen molar-refractivity contribution >= 4 is 34.9 Å². The van der Waals surface area contributed by atoms with Gasteiger partial charge in [-0.25, -0.2) is 0 Å². The van der Waals surface area contributed by atoms with E-state index in [1.54, 1.807) is 55.7 Å². The van der Waals surface area contributed by atoms with E-state index >= 15 is 0 Å². The molecule has 0 aliphatic carbocycles. The van der Waals surface area contributed by atoms with Crippen LogP contribution in [0.25, 0.3) is 6.08 Å². The molecule has 1 aliphatic heterocycles. The molecule has 9 heteroatoms. The van der Waals surface area contributed by atoms with Crippen molar-refractivity contribution in [2.45, 2.75) is 0 Å². The molecule has 8 nitrogen and oxygen atoms in total. The molecule has 0 unspecified atom stereocenters. The maximum absolute atomic E-state index is 12.6. The molecular weight excluding hydrogens is 420 g/mol. The minimum absolute atomic E-state index is 0.0731. The number of imide groups is 1. The molecule has 1 heterocycles. The average Bonchev–Trinajstić information content (AvgIpc) is 3.06. The highest BCUT2D eigenvalue weighted by Crippen LogP contribution is 2.32. The zero-order valence-corrected chi connectivity index (χ0v) is 18.2. The number of hydrogen-bond donors (Lipinski definition) is 1. The van der Waals surface area contributed by atoms with Crippen LogP contribution in [-0.2, 0) is 4.79 Å². The zero-order chi connectivity index (χ0) is 22.4. The average molecular weight is 442 g/mol. The lowest BCUT2D eigenvalue weighted by molar-refractivity contribution is -0.122. The summed E-state index contributed by atoms with van der Waals surface area (Å²) in [7, 11) is 4.57. The number of nitrogens with one attached hydrogen (secondary N) is 1. The van der Waals surface area contributed by atoms with Gasteiger partial charge in [-0.05, 0) is 53.7 Å². The Morgan fingerprint density at radius 3 is 2.35 bits per heavy atom. The summed E-state index contributed by atoms with van der Waals surface area (Å²) >= 11 is 0.875. The SMILES string of the molecule is COc1ccc(/C=C2/SC(=O)N(CCNC(=O)c3ccc(OC)c(OC)c3)C2=O)cc1. The van der Waals surface area contributed by atoms with Gasteiger partial charge in [0.25, 0.3) is 17.1 Å². The van der Waals surface area contributed by atoms with Crippen LogP contribution in [0.15, 0.2) is 47.4 Å². The van der Waals surface area contributed by atoms with Gasteiger partial charge in [-0.3, -0.25) is 19.3 Å². The maximum Gasteiger partial charge on any atom is 0.293 e. The van der Waals surface area contributed by atoms with Crippen molar-refractivity contribution in [2.24, 2.45) is 0 Å². The van der Waals surface area contributed by atoms with E-state index in [-0.39, 0.29) is 30.1 Å². The minimum atomic E-state index is -0.383. The van der Waals surface area contributed by atoms with Gasteiger partial charge in [0.05, 0.1) is 26.2 Å². The fourth-order valence-electron chi connectivity index (χ4n) is 2.91. The Bertz CT molecular complexity index is 1020. The van der Waals surface area contributed by atoms with Crippen LogP contribution >= 0.6 is 11.8 Å². The fraction of sp³-hybridized carbons (Fsp3) is 0.227. The van der Waals surface area contributed by atoms with E-state index in [4.69, 9.17) is 14.2 Å². The second-order valence-electron chi connectivity index (χ2n) is 6.43. The summed E-state index contributed by atoms with van der Waals surface area (Å²) in [4.78, 5) is 38.7. The predicted octanol–water partition coefficient (Wildman–Crippen LogP) is 3.18. The second kappa shape index (κ2) is 10.0. The Kier molecular flexibility index (Phi) is 7.19. The van der Waals surface area contributed by atoms with E-state index in [0.29, 0.717) is 27.7 Å². The minimum Gasteiger partial charge on any atom is -0.497 e. The van der Waals surface area contributed by atoms with Gasteiger partial charge in [-0.1, -0.05) is 12.1 Å². The number of carbonyl (C=O) groups excluding carboxylic acids is 3. The summed E-state index contributed by atoms with van der Waals surface area (Å²) in [5.41, 5.74) is 1.17. The topological polar surface area (TPSA) is 94.2 Å². The Hall–Kier alpha value is -3.46. The van der Waals surface area contributed by atoms with Gasteiger partial charge in [0.1, 0.15) is 5.75 Å². The lowest BCUT2D eigenvalue weighted by Crippen LogP contribution is -2.37. The first kappa shape index (κ1) is 22.2. The highest BCUT2D eigenvalue weighted by molar-refractivity contribution is 8.18. The fourth-order valence-corrected chi connectivity index (χ4v) is 3.77. The van der Waals surface area contributed by atoms with Gasteiger partial charge in [-0.2, -0.15) is 0 Å². The molecule has 0 saturated carbocycles. The molecule has 0 radical (unpaired) electrons. The van der Waals surface area contributed by atoms with Crippen LogP contribution in [0, 0.1) is 0 Å². The monoisotopic (exact) mass is 442 g/mol. The maximum atomic E-state index is 12.6. The van der Waals surface area contributed by atoms with Crippen LogP contribution in [0.2, 0.25) is 0 Å². The first-order valence-corrected chi connectivity index (χ1v) is 10.2. The second-order valence-corrected chi connectivity index (χ2v) is 7.43. The summed E-state index contributed by atoms with van der Waals surface area (Å²) in [5, 5.41) is 2.34. The number of hydrogen-bond acceptors (Lipinski definition) is 7. The Labute approximate surface area is 184 Å². The lowest BCUT2D eigenvalue weighted by atomic mass is 10.2. The number of rotatable bonds is 8. The van der Waals surface area contributed by atoms with Crippen LogP contribution in [0.3, 0.4) is 0 Å². The Morgan fingerprint density at radius 1 is 1.00 bits per heavy atom. The van der Waals surface area contributed by atoms with Crippen molar-refractivity contribution in [2.75, 3.05) is 34.4 Å². The molecule has 2 aromatic carbocycles. The summed E-state index contributed by atoms with van der Waals surface area (Å²) in [6.45, 7) is 0.199. The molecule has 1 aliphatic rings. The standard InChI is InChI=1S/C22H22N2O6S/c1-28-16-7-4-14(5-8-16)12-19-21(26)24(22(27)31-19)11-10-23-20(25)15-6-9-17(29-2)18(13-15)30-3/h4-9,12-13H,10-11H2,1-3H3,(H,23,25)/b19-12+. The number of nitrogens with zero attached hydrogens (tertiary/aromatic N) is 1. The molecule has 0 spiro atoms. The van der Waals surface area contributed by atoms with Gasteiger partial charge in [0.15, 0.2) is 11.5 Å².